The summed E-state index contributed by atoms with van der Waals surface area (Å²) in [6.45, 7) is 4.10. The SMILES string of the molecule is CCC1CCCCC1NC(=O)c1cc(C)ccc1O. The van der Waals surface area contributed by atoms with Crippen LogP contribution in [0.5, 0.6) is 5.75 Å². The molecule has 3 nitrogen and oxygen atoms in total. The Hall–Kier alpha value is -1.51. The molecule has 0 aliphatic heterocycles. The summed E-state index contributed by atoms with van der Waals surface area (Å²) in [4.78, 5) is 12.3. The van der Waals surface area contributed by atoms with E-state index >= 15 is 0 Å². The van der Waals surface area contributed by atoms with Gasteiger partial charge in [0.1, 0.15) is 5.75 Å². The van der Waals surface area contributed by atoms with Crippen molar-refractivity contribution in [3.05, 3.63) is 29.3 Å². The maximum atomic E-state index is 12.3. The third kappa shape index (κ3) is 3.28. The predicted molar refractivity (Wildman–Crippen MR) is 76.3 cm³/mol. The van der Waals surface area contributed by atoms with Crippen LogP contribution in [0, 0.1) is 12.8 Å². The number of amides is 1. The number of hydrogen-bond donors (Lipinski definition) is 2. The molecule has 1 fully saturated rings. The predicted octanol–water partition coefficient (Wildman–Crippen LogP) is 3.40. The molecule has 0 heterocycles. The monoisotopic (exact) mass is 261 g/mol. The lowest BCUT2D eigenvalue weighted by Crippen LogP contribution is -2.41. The molecular formula is C16H23NO2. The number of phenolic OH excluding ortho intramolecular Hbond substituents is 1. The van der Waals surface area contributed by atoms with E-state index in [1.807, 2.05) is 13.0 Å². The fourth-order valence-electron chi connectivity index (χ4n) is 2.96. The van der Waals surface area contributed by atoms with Crippen molar-refractivity contribution in [2.75, 3.05) is 0 Å². The summed E-state index contributed by atoms with van der Waals surface area (Å²) < 4.78 is 0. The molecule has 1 amide bonds. The summed E-state index contributed by atoms with van der Waals surface area (Å²) in [5.74, 6) is 0.489. The van der Waals surface area contributed by atoms with E-state index in [9.17, 15) is 9.90 Å². The van der Waals surface area contributed by atoms with Crippen LogP contribution >= 0.6 is 0 Å². The Labute approximate surface area is 115 Å². The van der Waals surface area contributed by atoms with Gasteiger partial charge in [0.25, 0.3) is 5.91 Å². The van der Waals surface area contributed by atoms with Gasteiger partial charge in [-0.3, -0.25) is 4.79 Å². The van der Waals surface area contributed by atoms with Gasteiger partial charge in [0.2, 0.25) is 0 Å². The van der Waals surface area contributed by atoms with Crippen molar-refractivity contribution in [3.8, 4) is 5.75 Å². The fraction of sp³-hybridized carbons (Fsp3) is 0.562. The summed E-state index contributed by atoms with van der Waals surface area (Å²) in [6, 6.07) is 5.39. The highest BCUT2D eigenvalue weighted by molar-refractivity contribution is 5.97. The van der Waals surface area contributed by atoms with Crippen molar-refractivity contribution in [3.63, 3.8) is 0 Å². The van der Waals surface area contributed by atoms with Crippen LogP contribution in [0.1, 0.15) is 54.9 Å². The largest absolute Gasteiger partial charge is 0.507 e. The Kier molecular flexibility index (Phi) is 4.46. The third-order valence-electron chi connectivity index (χ3n) is 4.15. The van der Waals surface area contributed by atoms with E-state index in [4.69, 9.17) is 0 Å². The maximum Gasteiger partial charge on any atom is 0.255 e. The van der Waals surface area contributed by atoms with Crippen molar-refractivity contribution < 1.29 is 9.90 Å². The Morgan fingerprint density at radius 2 is 2.11 bits per heavy atom. The smallest absolute Gasteiger partial charge is 0.255 e. The van der Waals surface area contributed by atoms with E-state index in [1.54, 1.807) is 12.1 Å². The van der Waals surface area contributed by atoms with Crippen molar-refractivity contribution in [2.24, 2.45) is 5.92 Å². The van der Waals surface area contributed by atoms with E-state index in [2.05, 4.69) is 12.2 Å². The second kappa shape index (κ2) is 6.09. The van der Waals surface area contributed by atoms with Gasteiger partial charge in [-0.2, -0.15) is 0 Å². The quantitative estimate of drug-likeness (QED) is 0.876. The first-order valence-electron chi connectivity index (χ1n) is 7.22. The van der Waals surface area contributed by atoms with Crippen LogP contribution < -0.4 is 5.32 Å². The zero-order chi connectivity index (χ0) is 13.8. The number of aromatic hydroxyl groups is 1. The summed E-state index contributed by atoms with van der Waals surface area (Å²) in [5.41, 5.74) is 1.37. The van der Waals surface area contributed by atoms with Gasteiger partial charge in [0.05, 0.1) is 5.56 Å². The van der Waals surface area contributed by atoms with Crippen molar-refractivity contribution >= 4 is 5.91 Å². The summed E-state index contributed by atoms with van der Waals surface area (Å²) in [7, 11) is 0. The Morgan fingerprint density at radius 1 is 1.37 bits per heavy atom. The lowest BCUT2D eigenvalue weighted by atomic mass is 9.83. The Bertz CT molecular complexity index is 456. The molecule has 2 unspecified atom stereocenters. The number of carbonyl (C=O) groups excluding carboxylic acids is 1. The first-order chi connectivity index (χ1) is 9.11. The highest BCUT2D eigenvalue weighted by Gasteiger charge is 2.26. The molecule has 0 radical (unpaired) electrons. The fourth-order valence-corrected chi connectivity index (χ4v) is 2.96. The van der Waals surface area contributed by atoms with Gasteiger partial charge in [-0.25, -0.2) is 0 Å². The van der Waals surface area contributed by atoms with Crippen molar-refractivity contribution in [1.29, 1.82) is 0 Å². The molecule has 0 aromatic heterocycles. The van der Waals surface area contributed by atoms with Crippen LogP contribution in [-0.4, -0.2) is 17.1 Å². The maximum absolute atomic E-state index is 12.3. The number of rotatable bonds is 3. The van der Waals surface area contributed by atoms with Crippen molar-refractivity contribution in [2.45, 2.75) is 52.0 Å². The molecule has 0 spiro atoms. The molecule has 0 bridgehead atoms. The first-order valence-corrected chi connectivity index (χ1v) is 7.22. The average molecular weight is 261 g/mol. The van der Waals surface area contributed by atoms with Gasteiger partial charge in [0.15, 0.2) is 0 Å². The van der Waals surface area contributed by atoms with Crippen LogP contribution in [0.3, 0.4) is 0 Å². The van der Waals surface area contributed by atoms with Gasteiger partial charge < -0.3 is 10.4 Å². The highest BCUT2D eigenvalue weighted by Crippen LogP contribution is 2.27. The van der Waals surface area contributed by atoms with Gasteiger partial charge in [0, 0.05) is 6.04 Å². The minimum Gasteiger partial charge on any atom is -0.507 e. The molecule has 19 heavy (non-hydrogen) atoms. The number of hydrogen-bond acceptors (Lipinski definition) is 2. The second-order valence-electron chi connectivity index (χ2n) is 5.55. The van der Waals surface area contributed by atoms with Crippen LogP contribution in [0.2, 0.25) is 0 Å². The van der Waals surface area contributed by atoms with Gasteiger partial charge in [-0.15, -0.1) is 0 Å². The number of nitrogens with one attached hydrogen (secondary N) is 1. The Balaban J connectivity index is 2.09. The van der Waals surface area contributed by atoms with Crippen LogP contribution in [0.25, 0.3) is 0 Å². The molecule has 1 aromatic rings. The Morgan fingerprint density at radius 3 is 2.84 bits per heavy atom. The highest BCUT2D eigenvalue weighted by atomic mass is 16.3. The lowest BCUT2D eigenvalue weighted by Gasteiger charge is -2.31. The molecule has 3 heteroatoms. The number of aryl methyl sites for hydroxylation is 1. The van der Waals surface area contributed by atoms with Crippen LogP contribution in [-0.2, 0) is 0 Å². The van der Waals surface area contributed by atoms with Gasteiger partial charge in [-0.1, -0.05) is 37.8 Å². The minimum absolute atomic E-state index is 0.0620. The standard InChI is InChI=1S/C16H23NO2/c1-3-12-6-4-5-7-14(12)17-16(19)13-10-11(2)8-9-15(13)18/h8-10,12,14,18H,3-7H2,1-2H3,(H,17,19). The normalized spacial score (nSPS) is 23.1. The van der Waals surface area contributed by atoms with E-state index in [0.29, 0.717) is 11.5 Å². The van der Waals surface area contributed by atoms with Crippen LogP contribution in [0.15, 0.2) is 18.2 Å². The van der Waals surface area contributed by atoms with E-state index < -0.39 is 0 Å². The second-order valence-corrected chi connectivity index (χ2v) is 5.55. The summed E-state index contributed by atoms with van der Waals surface area (Å²) >= 11 is 0. The molecule has 2 N–H and O–H groups in total. The molecule has 2 atom stereocenters. The molecule has 2 rings (SSSR count). The molecule has 0 saturated heterocycles. The summed E-state index contributed by atoms with van der Waals surface area (Å²) in [6.07, 6.45) is 5.80. The third-order valence-corrected chi connectivity index (χ3v) is 4.15. The minimum atomic E-state index is -0.147. The molecule has 1 aromatic carbocycles. The topological polar surface area (TPSA) is 49.3 Å². The van der Waals surface area contributed by atoms with E-state index in [-0.39, 0.29) is 17.7 Å². The number of phenols is 1. The molecular weight excluding hydrogens is 238 g/mol. The number of benzene rings is 1. The average Bonchev–Trinajstić information content (AvgIpc) is 2.42. The van der Waals surface area contributed by atoms with Gasteiger partial charge >= 0.3 is 0 Å². The molecule has 104 valence electrons. The zero-order valence-corrected chi connectivity index (χ0v) is 11.8. The molecule has 1 aliphatic rings. The zero-order valence-electron chi connectivity index (χ0n) is 11.8. The lowest BCUT2D eigenvalue weighted by molar-refractivity contribution is 0.0902. The number of carbonyl (C=O) groups is 1. The van der Waals surface area contributed by atoms with Crippen LogP contribution in [0.4, 0.5) is 0 Å². The summed E-state index contributed by atoms with van der Waals surface area (Å²) in [5, 5.41) is 12.9. The van der Waals surface area contributed by atoms with E-state index in [0.717, 1.165) is 18.4 Å². The van der Waals surface area contributed by atoms with E-state index in [1.165, 1.54) is 19.3 Å². The molecule has 1 saturated carbocycles. The molecule has 1 aliphatic carbocycles. The first kappa shape index (κ1) is 13.9. The van der Waals surface area contributed by atoms with Crippen molar-refractivity contribution in [1.82, 2.24) is 5.32 Å². The van der Waals surface area contributed by atoms with Gasteiger partial charge in [-0.05, 0) is 37.8 Å².